The molecule has 9 nitrogen and oxygen atoms in total. The molecule has 1 aliphatic heterocycles. The Morgan fingerprint density at radius 3 is 2.33 bits per heavy atom. The predicted octanol–water partition coefficient (Wildman–Crippen LogP) is 5.47. The number of fused-ring (bicyclic) bond motifs is 1. The van der Waals surface area contributed by atoms with Crippen LogP contribution in [0.15, 0.2) is 103 Å². The average Bonchev–Trinajstić information content (AvgIpc) is 3.07. The van der Waals surface area contributed by atoms with Crippen molar-refractivity contribution in [2.75, 3.05) is 32.1 Å². The van der Waals surface area contributed by atoms with Crippen LogP contribution < -0.4 is 20.5 Å². The van der Waals surface area contributed by atoms with Gasteiger partial charge in [-0.3, -0.25) is 14.5 Å². The van der Waals surface area contributed by atoms with Crippen LogP contribution in [0.25, 0.3) is 0 Å². The van der Waals surface area contributed by atoms with Gasteiger partial charge in [0.1, 0.15) is 23.6 Å². The van der Waals surface area contributed by atoms with E-state index in [4.69, 9.17) is 15.2 Å². The molecule has 4 N–H and O–H groups in total. The summed E-state index contributed by atoms with van der Waals surface area (Å²) in [5.74, 6) is 1.06. The molecule has 4 aromatic rings. The number of anilines is 1. The standard InChI is InChI=1S/C37H42N4O5/c1-25-21-41(26(2)24-42)37(44)31-15-10-16-32(39-36(43)34(38)28-11-6-4-7-12-28)35(31)46-33(25)23-40(3)22-27-17-19-30(20-18-27)45-29-13-8-5-9-14-29/h4-20,25-26,33-34,42H,21-24,38H2,1-3H3,(H,39,43)/t25-,26?,33-,34?/m1/s1. The van der Waals surface area contributed by atoms with Gasteiger partial charge >= 0.3 is 0 Å². The number of aliphatic hydroxyl groups is 1. The van der Waals surface area contributed by atoms with Gasteiger partial charge in [0, 0.05) is 25.6 Å². The van der Waals surface area contributed by atoms with Gasteiger partial charge in [-0.1, -0.05) is 73.7 Å². The van der Waals surface area contributed by atoms with Crippen LogP contribution in [0.1, 0.15) is 41.4 Å². The second-order valence-corrected chi connectivity index (χ2v) is 11.9. The molecule has 0 aliphatic carbocycles. The van der Waals surface area contributed by atoms with Crippen LogP contribution in [0.2, 0.25) is 0 Å². The molecule has 2 unspecified atom stereocenters. The molecule has 0 saturated carbocycles. The molecule has 0 bridgehead atoms. The molecular formula is C37H42N4O5. The first kappa shape index (κ1) is 32.7. The number of amides is 2. The van der Waals surface area contributed by atoms with Gasteiger partial charge in [0.2, 0.25) is 5.91 Å². The Balaban J connectivity index is 1.36. The van der Waals surface area contributed by atoms with Crippen molar-refractivity contribution in [2.24, 2.45) is 11.7 Å². The number of likely N-dealkylation sites (N-methyl/N-ethyl adjacent to an activating group) is 1. The summed E-state index contributed by atoms with van der Waals surface area (Å²) in [4.78, 5) is 30.9. The van der Waals surface area contributed by atoms with Gasteiger partial charge < -0.3 is 30.5 Å². The second kappa shape index (κ2) is 15.1. The minimum atomic E-state index is -0.905. The molecule has 1 heterocycles. The van der Waals surface area contributed by atoms with Crippen molar-refractivity contribution in [3.63, 3.8) is 0 Å². The largest absolute Gasteiger partial charge is 0.486 e. The molecule has 1 aliphatic rings. The van der Waals surface area contributed by atoms with E-state index in [9.17, 15) is 14.7 Å². The number of aliphatic hydroxyl groups excluding tert-OH is 1. The number of hydrogen-bond donors (Lipinski definition) is 3. The monoisotopic (exact) mass is 622 g/mol. The van der Waals surface area contributed by atoms with Gasteiger partial charge in [-0.15, -0.1) is 0 Å². The highest BCUT2D eigenvalue weighted by molar-refractivity contribution is 6.02. The normalized spacial score (nSPS) is 17.7. The lowest BCUT2D eigenvalue weighted by Gasteiger charge is -2.38. The van der Waals surface area contributed by atoms with Crippen LogP contribution in [-0.2, 0) is 11.3 Å². The van der Waals surface area contributed by atoms with Gasteiger partial charge in [0.25, 0.3) is 5.91 Å². The summed E-state index contributed by atoms with van der Waals surface area (Å²) in [5.41, 5.74) is 8.76. The Bertz CT molecular complexity index is 1600. The molecule has 0 spiro atoms. The van der Waals surface area contributed by atoms with Crippen molar-refractivity contribution < 1.29 is 24.2 Å². The summed E-state index contributed by atoms with van der Waals surface area (Å²) in [6.45, 7) is 5.29. The van der Waals surface area contributed by atoms with Crippen LogP contribution in [0.3, 0.4) is 0 Å². The van der Waals surface area contributed by atoms with Crippen molar-refractivity contribution in [3.05, 3.63) is 120 Å². The Kier molecular flexibility index (Phi) is 10.7. The summed E-state index contributed by atoms with van der Waals surface area (Å²) in [6, 6.07) is 30.6. The fourth-order valence-corrected chi connectivity index (χ4v) is 5.55. The summed E-state index contributed by atoms with van der Waals surface area (Å²) < 4.78 is 12.6. The van der Waals surface area contributed by atoms with E-state index in [2.05, 4.69) is 10.2 Å². The van der Waals surface area contributed by atoms with Crippen LogP contribution in [0, 0.1) is 5.92 Å². The molecule has 0 fully saturated rings. The van der Waals surface area contributed by atoms with E-state index in [1.165, 1.54) is 0 Å². The number of ether oxygens (including phenoxy) is 2. The molecule has 0 radical (unpaired) electrons. The molecule has 0 saturated heterocycles. The quantitative estimate of drug-likeness (QED) is 0.203. The molecule has 0 aromatic heterocycles. The summed E-state index contributed by atoms with van der Waals surface area (Å²) in [5, 5.41) is 12.9. The zero-order chi connectivity index (χ0) is 32.6. The molecular weight excluding hydrogens is 580 g/mol. The Labute approximate surface area is 270 Å². The molecule has 4 aromatic carbocycles. The zero-order valence-corrected chi connectivity index (χ0v) is 26.5. The Morgan fingerprint density at radius 2 is 1.65 bits per heavy atom. The number of hydrogen-bond acceptors (Lipinski definition) is 7. The van der Waals surface area contributed by atoms with Crippen molar-refractivity contribution >= 4 is 17.5 Å². The maximum absolute atomic E-state index is 13.8. The Hall–Kier alpha value is -4.70. The topological polar surface area (TPSA) is 117 Å². The van der Waals surface area contributed by atoms with Gasteiger partial charge in [-0.25, -0.2) is 0 Å². The lowest BCUT2D eigenvalue weighted by atomic mass is 9.98. The predicted molar refractivity (Wildman–Crippen MR) is 179 cm³/mol. The van der Waals surface area contributed by atoms with Gasteiger partial charge in [0.15, 0.2) is 5.75 Å². The van der Waals surface area contributed by atoms with E-state index in [-0.39, 0.29) is 24.5 Å². The summed E-state index contributed by atoms with van der Waals surface area (Å²) in [6.07, 6.45) is -0.341. The van der Waals surface area contributed by atoms with Gasteiger partial charge in [-0.2, -0.15) is 0 Å². The average molecular weight is 623 g/mol. The Morgan fingerprint density at radius 1 is 1.00 bits per heavy atom. The van der Waals surface area contributed by atoms with E-state index in [1.54, 1.807) is 35.2 Å². The first-order valence-electron chi connectivity index (χ1n) is 15.6. The number of carbonyl (C=O) groups excluding carboxylic acids is 2. The number of rotatable bonds is 11. The lowest BCUT2D eigenvalue weighted by Crippen LogP contribution is -2.49. The number of carbonyl (C=O) groups is 2. The molecule has 46 heavy (non-hydrogen) atoms. The summed E-state index contributed by atoms with van der Waals surface area (Å²) >= 11 is 0. The maximum Gasteiger partial charge on any atom is 0.258 e. The van der Waals surface area contributed by atoms with Crippen molar-refractivity contribution in [3.8, 4) is 17.2 Å². The van der Waals surface area contributed by atoms with E-state index in [1.807, 2.05) is 93.7 Å². The molecule has 240 valence electrons. The number of para-hydroxylation sites is 2. The molecule has 4 atom stereocenters. The lowest BCUT2D eigenvalue weighted by molar-refractivity contribution is -0.117. The first-order chi connectivity index (χ1) is 22.2. The third-order valence-electron chi connectivity index (χ3n) is 8.24. The van der Waals surface area contributed by atoms with Crippen molar-refractivity contribution in [1.29, 1.82) is 0 Å². The van der Waals surface area contributed by atoms with E-state index in [0.29, 0.717) is 42.2 Å². The minimum absolute atomic E-state index is 0.0921. The highest BCUT2D eigenvalue weighted by Crippen LogP contribution is 2.35. The van der Waals surface area contributed by atoms with Gasteiger partial charge in [0.05, 0.1) is 23.9 Å². The number of nitrogens with one attached hydrogen (secondary N) is 1. The fraction of sp³-hybridized carbons (Fsp3) is 0.297. The van der Waals surface area contributed by atoms with Crippen molar-refractivity contribution in [1.82, 2.24) is 9.80 Å². The number of nitrogens with zero attached hydrogens (tertiary/aromatic N) is 2. The number of benzene rings is 4. The zero-order valence-electron chi connectivity index (χ0n) is 26.5. The number of nitrogens with two attached hydrogens (primary N) is 1. The van der Waals surface area contributed by atoms with E-state index in [0.717, 1.165) is 17.1 Å². The van der Waals surface area contributed by atoms with Gasteiger partial charge in [-0.05, 0) is 61.5 Å². The minimum Gasteiger partial charge on any atom is -0.486 e. The second-order valence-electron chi connectivity index (χ2n) is 11.9. The third kappa shape index (κ3) is 7.92. The SMILES string of the molecule is CC(CO)N1C[C@@H](C)[C@@H](CN(C)Cc2ccc(Oc3ccccc3)cc2)Oc2c(NC(=O)C(N)c3ccccc3)cccc2C1=O. The highest BCUT2D eigenvalue weighted by Gasteiger charge is 2.35. The third-order valence-corrected chi connectivity index (χ3v) is 8.24. The van der Waals surface area contributed by atoms with Crippen molar-refractivity contribution in [2.45, 2.75) is 38.6 Å². The molecule has 9 heteroatoms. The van der Waals surface area contributed by atoms with E-state index < -0.39 is 18.0 Å². The van der Waals surface area contributed by atoms with Crippen LogP contribution in [0.5, 0.6) is 17.2 Å². The maximum atomic E-state index is 13.8. The fourth-order valence-electron chi connectivity index (χ4n) is 5.55. The molecule has 2 amide bonds. The van der Waals surface area contributed by atoms with Crippen LogP contribution >= 0.6 is 0 Å². The molecule has 5 rings (SSSR count). The highest BCUT2D eigenvalue weighted by atomic mass is 16.5. The van der Waals surface area contributed by atoms with Crippen LogP contribution in [-0.4, -0.2) is 65.6 Å². The van der Waals surface area contributed by atoms with E-state index >= 15 is 0 Å². The smallest absolute Gasteiger partial charge is 0.258 e. The van der Waals surface area contributed by atoms with Crippen LogP contribution in [0.4, 0.5) is 5.69 Å². The summed E-state index contributed by atoms with van der Waals surface area (Å²) in [7, 11) is 2.02. The first-order valence-corrected chi connectivity index (χ1v) is 15.6.